The highest BCUT2D eigenvalue weighted by Crippen LogP contribution is 2.01. The number of primary amides is 1. The molecule has 0 aromatic heterocycles. The van der Waals surface area contributed by atoms with E-state index < -0.39 is 0 Å². The van der Waals surface area contributed by atoms with E-state index in [1.165, 1.54) is 32.9 Å². The van der Waals surface area contributed by atoms with E-state index in [0.29, 0.717) is 0 Å². The van der Waals surface area contributed by atoms with E-state index in [9.17, 15) is 4.79 Å². The molecule has 0 aromatic rings. The summed E-state index contributed by atoms with van der Waals surface area (Å²) >= 11 is 0. The molecule has 1 aliphatic heterocycles. The first-order valence-corrected chi connectivity index (χ1v) is 3.57. The average molecular weight is 144 g/mol. The SMILES string of the molecule is CC(N)=O.CN1CCCC1. The largest absolute Gasteiger partial charge is 0.370 e. The van der Waals surface area contributed by atoms with E-state index in [1.54, 1.807) is 0 Å². The van der Waals surface area contributed by atoms with Crippen LogP contribution in [0.5, 0.6) is 0 Å². The summed E-state index contributed by atoms with van der Waals surface area (Å²) in [4.78, 5) is 11.6. The molecular weight excluding hydrogens is 128 g/mol. The zero-order chi connectivity index (χ0) is 7.98. The summed E-state index contributed by atoms with van der Waals surface area (Å²) < 4.78 is 0. The number of carbonyl (C=O) groups is 1. The van der Waals surface area contributed by atoms with E-state index in [0.717, 1.165) is 0 Å². The Labute approximate surface area is 62.2 Å². The zero-order valence-electron chi connectivity index (χ0n) is 6.76. The van der Waals surface area contributed by atoms with Gasteiger partial charge in [0, 0.05) is 6.92 Å². The van der Waals surface area contributed by atoms with Crippen molar-refractivity contribution in [2.24, 2.45) is 5.73 Å². The van der Waals surface area contributed by atoms with E-state index in [-0.39, 0.29) is 5.91 Å². The van der Waals surface area contributed by atoms with Crippen LogP contribution in [0, 0.1) is 0 Å². The lowest BCUT2D eigenvalue weighted by atomic mass is 10.4. The Bertz CT molecular complexity index is 93.8. The summed E-state index contributed by atoms with van der Waals surface area (Å²) in [5, 5.41) is 0. The van der Waals surface area contributed by atoms with Gasteiger partial charge in [-0.25, -0.2) is 0 Å². The number of carbonyl (C=O) groups excluding carboxylic acids is 1. The lowest BCUT2D eigenvalue weighted by Gasteiger charge is -2.01. The monoisotopic (exact) mass is 144 g/mol. The Kier molecular flexibility index (Phi) is 4.94. The zero-order valence-corrected chi connectivity index (χ0v) is 6.76. The van der Waals surface area contributed by atoms with Crippen LogP contribution in [-0.4, -0.2) is 30.9 Å². The third-order valence-corrected chi connectivity index (χ3v) is 1.33. The topological polar surface area (TPSA) is 46.3 Å². The van der Waals surface area contributed by atoms with Crippen LogP contribution in [-0.2, 0) is 4.79 Å². The van der Waals surface area contributed by atoms with Crippen molar-refractivity contribution in [2.75, 3.05) is 20.1 Å². The van der Waals surface area contributed by atoms with Crippen LogP contribution in [0.4, 0.5) is 0 Å². The van der Waals surface area contributed by atoms with E-state index in [4.69, 9.17) is 0 Å². The minimum Gasteiger partial charge on any atom is -0.370 e. The number of nitrogens with zero attached hydrogens (tertiary/aromatic N) is 1. The Morgan fingerprint density at radius 3 is 1.80 bits per heavy atom. The first kappa shape index (κ1) is 9.43. The number of nitrogens with two attached hydrogens (primary N) is 1. The molecule has 0 unspecified atom stereocenters. The average Bonchev–Trinajstić information content (AvgIpc) is 2.15. The molecule has 1 fully saturated rings. The highest BCUT2D eigenvalue weighted by Gasteiger charge is 2.03. The molecule has 2 N–H and O–H groups in total. The number of rotatable bonds is 0. The van der Waals surface area contributed by atoms with E-state index >= 15 is 0 Å². The van der Waals surface area contributed by atoms with Crippen molar-refractivity contribution in [2.45, 2.75) is 19.8 Å². The van der Waals surface area contributed by atoms with Gasteiger partial charge in [-0.3, -0.25) is 4.79 Å². The van der Waals surface area contributed by atoms with Crippen LogP contribution >= 0.6 is 0 Å². The van der Waals surface area contributed by atoms with Gasteiger partial charge in [0.1, 0.15) is 0 Å². The molecule has 0 aromatic carbocycles. The normalized spacial score (nSPS) is 17.8. The van der Waals surface area contributed by atoms with Crippen molar-refractivity contribution in [3.8, 4) is 0 Å². The Hall–Kier alpha value is -0.570. The summed E-state index contributed by atoms with van der Waals surface area (Å²) in [5.41, 5.74) is 4.47. The molecular formula is C7H16N2O. The standard InChI is InChI=1S/C5H11N.C2H5NO/c1-6-4-2-3-5-6;1-2(3)4/h2-5H2,1H3;1H3,(H2,3,4). The van der Waals surface area contributed by atoms with Crippen molar-refractivity contribution < 1.29 is 4.79 Å². The molecule has 10 heavy (non-hydrogen) atoms. The van der Waals surface area contributed by atoms with E-state index in [1.807, 2.05) is 0 Å². The Morgan fingerprint density at radius 1 is 1.40 bits per heavy atom. The van der Waals surface area contributed by atoms with Crippen LogP contribution in [0.15, 0.2) is 0 Å². The van der Waals surface area contributed by atoms with Gasteiger partial charge in [0.15, 0.2) is 0 Å². The smallest absolute Gasteiger partial charge is 0.214 e. The van der Waals surface area contributed by atoms with Gasteiger partial charge < -0.3 is 10.6 Å². The molecule has 0 spiro atoms. The van der Waals surface area contributed by atoms with E-state index in [2.05, 4.69) is 17.7 Å². The molecule has 1 aliphatic rings. The predicted molar refractivity (Wildman–Crippen MR) is 41.6 cm³/mol. The molecule has 1 heterocycles. The molecule has 0 bridgehead atoms. The van der Waals surface area contributed by atoms with Crippen molar-refractivity contribution in [3.63, 3.8) is 0 Å². The first-order valence-electron chi connectivity index (χ1n) is 3.57. The van der Waals surface area contributed by atoms with Crippen molar-refractivity contribution in [1.29, 1.82) is 0 Å². The van der Waals surface area contributed by atoms with Gasteiger partial charge in [0.2, 0.25) is 5.91 Å². The predicted octanol–water partition coefficient (Wildman–Crippen LogP) is 0.204. The van der Waals surface area contributed by atoms with Crippen LogP contribution < -0.4 is 5.73 Å². The quantitative estimate of drug-likeness (QED) is 0.528. The fourth-order valence-electron chi connectivity index (χ4n) is 0.875. The number of hydrogen-bond donors (Lipinski definition) is 1. The van der Waals surface area contributed by atoms with Gasteiger partial charge in [0.05, 0.1) is 0 Å². The maximum atomic E-state index is 9.22. The lowest BCUT2D eigenvalue weighted by Crippen LogP contribution is -2.10. The molecule has 0 radical (unpaired) electrons. The van der Waals surface area contributed by atoms with Crippen molar-refractivity contribution in [3.05, 3.63) is 0 Å². The molecule has 3 heteroatoms. The summed E-state index contributed by atoms with van der Waals surface area (Å²) in [5.74, 6) is -0.333. The summed E-state index contributed by atoms with van der Waals surface area (Å²) in [6, 6.07) is 0. The number of hydrogen-bond acceptors (Lipinski definition) is 2. The minimum atomic E-state index is -0.333. The molecule has 0 atom stereocenters. The highest BCUT2D eigenvalue weighted by molar-refractivity contribution is 5.70. The maximum Gasteiger partial charge on any atom is 0.214 e. The van der Waals surface area contributed by atoms with Gasteiger partial charge in [0.25, 0.3) is 0 Å². The molecule has 1 rings (SSSR count). The second kappa shape index (κ2) is 5.23. The molecule has 0 aliphatic carbocycles. The Morgan fingerprint density at radius 2 is 1.70 bits per heavy atom. The summed E-state index contributed by atoms with van der Waals surface area (Å²) in [6.07, 6.45) is 2.83. The second-order valence-corrected chi connectivity index (χ2v) is 2.62. The van der Waals surface area contributed by atoms with Gasteiger partial charge in [-0.05, 0) is 33.0 Å². The number of likely N-dealkylation sites (tertiary alicyclic amines) is 1. The van der Waals surface area contributed by atoms with Crippen LogP contribution in [0.1, 0.15) is 19.8 Å². The van der Waals surface area contributed by atoms with Gasteiger partial charge in [-0.15, -0.1) is 0 Å². The third-order valence-electron chi connectivity index (χ3n) is 1.33. The summed E-state index contributed by atoms with van der Waals surface area (Å²) in [7, 11) is 2.17. The first-order chi connectivity index (χ1) is 4.63. The molecule has 1 amide bonds. The lowest BCUT2D eigenvalue weighted by molar-refractivity contribution is -0.115. The van der Waals surface area contributed by atoms with Crippen LogP contribution in [0.25, 0.3) is 0 Å². The van der Waals surface area contributed by atoms with Gasteiger partial charge in [-0.2, -0.15) is 0 Å². The minimum absolute atomic E-state index is 0.333. The second-order valence-electron chi connectivity index (χ2n) is 2.62. The molecule has 60 valence electrons. The highest BCUT2D eigenvalue weighted by atomic mass is 16.1. The van der Waals surface area contributed by atoms with Gasteiger partial charge >= 0.3 is 0 Å². The number of amides is 1. The fraction of sp³-hybridized carbons (Fsp3) is 0.857. The van der Waals surface area contributed by atoms with Crippen LogP contribution in [0.2, 0.25) is 0 Å². The molecule has 0 saturated carbocycles. The fourth-order valence-corrected chi connectivity index (χ4v) is 0.875. The molecule has 1 saturated heterocycles. The van der Waals surface area contributed by atoms with Crippen molar-refractivity contribution >= 4 is 5.91 Å². The molecule has 3 nitrogen and oxygen atoms in total. The third kappa shape index (κ3) is 7.43. The van der Waals surface area contributed by atoms with Gasteiger partial charge in [-0.1, -0.05) is 0 Å². The summed E-state index contributed by atoms with van der Waals surface area (Å²) in [6.45, 7) is 3.94. The van der Waals surface area contributed by atoms with Crippen molar-refractivity contribution in [1.82, 2.24) is 4.90 Å². The van der Waals surface area contributed by atoms with Crippen LogP contribution in [0.3, 0.4) is 0 Å². The Balaban J connectivity index is 0.000000180. The maximum absolute atomic E-state index is 9.22.